The molecule has 1 aliphatic rings. The molecule has 0 bridgehead atoms. The van der Waals surface area contributed by atoms with Gasteiger partial charge in [-0.25, -0.2) is 4.98 Å². The summed E-state index contributed by atoms with van der Waals surface area (Å²) >= 11 is 0. The molecule has 1 aliphatic heterocycles. The van der Waals surface area contributed by atoms with Crippen LogP contribution in [0.25, 0.3) is 11.0 Å². The fourth-order valence-corrected chi connectivity index (χ4v) is 3.44. The van der Waals surface area contributed by atoms with E-state index in [2.05, 4.69) is 25.0 Å². The summed E-state index contributed by atoms with van der Waals surface area (Å²) in [6.45, 7) is 3.93. The summed E-state index contributed by atoms with van der Waals surface area (Å²) in [5.74, 6) is 0.616. The summed E-state index contributed by atoms with van der Waals surface area (Å²) in [7, 11) is 1.77. The second-order valence-electron chi connectivity index (χ2n) is 7.05. The first-order chi connectivity index (χ1) is 12.4. The molecule has 8 nitrogen and oxygen atoms in total. The number of piperidine rings is 1. The Labute approximate surface area is 150 Å². The maximum absolute atomic E-state index is 12.2. The van der Waals surface area contributed by atoms with Gasteiger partial charge in [0.2, 0.25) is 0 Å². The lowest BCUT2D eigenvalue weighted by Crippen LogP contribution is -2.43. The number of hydrogen-bond donors (Lipinski definition) is 2. The molecule has 1 saturated heterocycles. The van der Waals surface area contributed by atoms with Crippen LogP contribution in [-0.4, -0.2) is 47.8 Å². The molecule has 3 aromatic heterocycles. The Hall–Kier alpha value is -2.58. The third kappa shape index (κ3) is 3.02. The largest absolute Gasteiger partial charge is 0.383 e. The normalized spacial score (nSPS) is 17.7. The van der Waals surface area contributed by atoms with Gasteiger partial charge in [0.1, 0.15) is 16.8 Å². The molecular formula is C18H22N6O2. The molecule has 0 amide bonds. The van der Waals surface area contributed by atoms with Gasteiger partial charge >= 0.3 is 0 Å². The number of likely N-dealkylation sites (tertiary alicyclic amines) is 1. The highest BCUT2D eigenvalue weighted by Crippen LogP contribution is 2.31. The van der Waals surface area contributed by atoms with E-state index in [0.717, 1.165) is 11.3 Å². The Balaban J connectivity index is 1.48. The molecule has 136 valence electrons. The molecule has 8 heteroatoms. The van der Waals surface area contributed by atoms with Crippen molar-refractivity contribution in [1.82, 2.24) is 29.6 Å². The van der Waals surface area contributed by atoms with Crippen molar-refractivity contribution in [3.63, 3.8) is 0 Å². The molecule has 0 unspecified atom stereocenters. The quantitative estimate of drug-likeness (QED) is 0.723. The predicted molar refractivity (Wildman–Crippen MR) is 96.5 cm³/mol. The Morgan fingerprint density at radius 2 is 2.04 bits per heavy atom. The topological polar surface area (TPSA) is 99.9 Å². The first kappa shape index (κ1) is 16.9. The highest BCUT2D eigenvalue weighted by atomic mass is 16.3. The standard InChI is InChI=1S/C18H22N6O2/c1-12-3-4-14(19-9-12)18(26)5-7-24(8-6-18)11-15-21-16-13(17(25)22-15)10-20-23(16)2/h3-4,9-10,26H,5-8,11H2,1-2H3,(H,21,22,25). The molecule has 2 N–H and O–H groups in total. The molecule has 0 radical (unpaired) electrons. The maximum Gasteiger partial charge on any atom is 0.262 e. The van der Waals surface area contributed by atoms with Gasteiger partial charge in [-0.05, 0) is 31.4 Å². The van der Waals surface area contributed by atoms with E-state index in [1.165, 1.54) is 6.20 Å². The van der Waals surface area contributed by atoms with Gasteiger partial charge in [-0.2, -0.15) is 5.10 Å². The van der Waals surface area contributed by atoms with Crippen LogP contribution < -0.4 is 5.56 Å². The van der Waals surface area contributed by atoms with Crippen LogP contribution >= 0.6 is 0 Å². The average Bonchev–Trinajstić information content (AvgIpc) is 2.99. The minimum atomic E-state index is -0.892. The minimum Gasteiger partial charge on any atom is -0.383 e. The summed E-state index contributed by atoms with van der Waals surface area (Å²) in [5.41, 5.74) is 1.33. The monoisotopic (exact) mass is 354 g/mol. The Morgan fingerprint density at radius 1 is 1.27 bits per heavy atom. The number of nitrogens with zero attached hydrogens (tertiary/aromatic N) is 5. The van der Waals surface area contributed by atoms with Crippen molar-refractivity contribution in [1.29, 1.82) is 0 Å². The van der Waals surface area contributed by atoms with Gasteiger partial charge in [0.05, 0.1) is 18.4 Å². The second kappa shape index (κ2) is 6.30. The number of aliphatic hydroxyl groups is 1. The van der Waals surface area contributed by atoms with Gasteiger partial charge in [0, 0.05) is 26.3 Å². The molecule has 0 aromatic carbocycles. The molecular weight excluding hydrogens is 332 g/mol. The number of H-pyrrole nitrogens is 1. The van der Waals surface area contributed by atoms with Crippen LogP contribution in [0.15, 0.2) is 29.3 Å². The fraction of sp³-hybridized carbons (Fsp3) is 0.444. The lowest BCUT2D eigenvalue weighted by Gasteiger charge is -2.37. The molecule has 26 heavy (non-hydrogen) atoms. The van der Waals surface area contributed by atoms with E-state index in [4.69, 9.17) is 0 Å². The first-order valence-electron chi connectivity index (χ1n) is 8.73. The molecule has 4 rings (SSSR count). The zero-order valence-electron chi connectivity index (χ0n) is 14.9. The van der Waals surface area contributed by atoms with Gasteiger partial charge in [-0.3, -0.25) is 19.4 Å². The molecule has 1 fully saturated rings. The smallest absolute Gasteiger partial charge is 0.262 e. The van der Waals surface area contributed by atoms with Crippen molar-refractivity contribution in [2.75, 3.05) is 13.1 Å². The van der Waals surface area contributed by atoms with Crippen molar-refractivity contribution < 1.29 is 5.11 Å². The number of pyridine rings is 1. The van der Waals surface area contributed by atoms with Gasteiger partial charge < -0.3 is 10.1 Å². The number of nitrogens with one attached hydrogen (secondary N) is 1. The molecule has 3 aromatic rings. The number of aromatic amines is 1. The summed E-state index contributed by atoms with van der Waals surface area (Å²) in [6.07, 6.45) is 4.51. The number of aromatic nitrogens is 5. The molecule has 0 spiro atoms. The van der Waals surface area contributed by atoms with Crippen molar-refractivity contribution >= 4 is 11.0 Å². The van der Waals surface area contributed by atoms with Crippen LogP contribution in [-0.2, 0) is 19.2 Å². The maximum atomic E-state index is 12.2. The fourth-order valence-electron chi connectivity index (χ4n) is 3.44. The second-order valence-corrected chi connectivity index (χ2v) is 7.05. The van der Waals surface area contributed by atoms with E-state index in [1.54, 1.807) is 17.9 Å². The zero-order valence-corrected chi connectivity index (χ0v) is 14.9. The number of aryl methyl sites for hydroxylation is 2. The van der Waals surface area contributed by atoms with Gasteiger partial charge in [0.15, 0.2) is 5.65 Å². The molecule has 0 saturated carbocycles. The van der Waals surface area contributed by atoms with E-state index in [0.29, 0.717) is 49.3 Å². The average molecular weight is 354 g/mol. The van der Waals surface area contributed by atoms with E-state index in [-0.39, 0.29) is 5.56 Å². The van der Waals surface area contributed by atoms with Crippen LogP contribution in [0.3, 0.4) is 0 Å². The molecule has 0 aliphatic carbocycles. The highest BCUT2D eigenvalue weighted by molar-refractivity contribution is 5.72. The lowest BCUT2D eigenvalue weighted by atomic mass is 9.87. The SMILES string of the molecule is Cc1ccc(C2(O)CCN(Cc3nc4c(cnn4C)c(=O)[nH]3)CC2)nc1. The third-order valence-electron chi connectivity index (χ3n) is 5.10. The Bertz CT molecular complexity index is 983. The summed E-state index contributed by atoms with van der Waals surface area (Å²) < 4.78 is 1.60. The lowest BCUT2D eigenvalue weighted by molar-refractivity contribution is -0.0315. The van der Waals surface area contributed by atoms with Gasteiger partial charge in [0.25, 0.3) is 5.56 Å². The van der Waals surface area contributed by atoms with Gasteiger partial charge in [-0.15, -0.1) is 0 Å². The zero-order chi connectivity index (χ0) is 18.3. The van der Waals surface area contributed by atoms with Gasteiger partial charge in [-0.1, -0.05) is 6.07 Å². The Morgan fingerprint density at radius 3 is 2.73 bits per heavy atom. The molecule has 4 heterocycles. The van der Waals surface area contributed by atoms with E-state index >= 15 is 0 Å². The highest BCUT2D eigenvalue weighted by Gasteiger charge is 2.35. The van der Waals surface area contributed by atoms with Crippen molar-refractivity contribution in [2.45, 2.75) is 31.9 Å². The minimum absolute atomic E-state index is 0.171. The van der Waals surface area contributed by atoms with Crippen LogP contribution in [0.5, 0.6) is 0 Å². The van der Waals surface area contributed by atoms with Crippen molar-refractivity contribution in [3.8, 4) is 0 Å². The Kier molecular flexibility index (Phi) is 4.08. The van der Waals surface area contributed by atoms with Crippen LogP contribution in [0.2, 0.25) is 0 Å². The van der Waals surface area contributed by atoms with E-state index < -0.39 is 5.60 Å². The summed E-state index contributed by atoms with van der Waals surface area (Å²) in [5, 5.41) is 15.5. The number of fused-ring (bicyclic) bond motifs is 1. The summed E-state index contributed by atoms with van der Waals surface area (Å²) in [6, 6.07) is 3.88. The van der Waals surface area contributed by atoms with Crippen LogP contribution in [0.4, 0.5) is 0 Å². The van der Waals surface area contributed by atoms with Crippen LogP contribution in [0, 0.1) is 6.92 Å². The number of rotatable bonds is 3. The van der Waals surface area contributed by atoms with Crippen molar-refractivity contribution in [3.05, 3.63) is 52.0 Å². The van der Waals surface area contributed by atoms with E-state index in [9.17, 15) is 9.90 Å². The van der Waals surface area contributed by atoms with E-state index in [1.807, 2.05) is 19.1 Å². The summed E-state index contributed by atoms with van der Waals surface area (Å²) in [4.78, 5) is 26.1. The van der Waals surface area contributed by atoms with Crippen molar-refractivity contribution in [2.24, 2.45) is 7.05 Å². The number of hydrogen-bond acceptors (Lipinski definition) is 6. The molecule has 0 atom stereocenters. The third-order valence-corrected chi connectivity index (χ3v) is 5.10. The van der Waals surface area contributed by atoms with Crippen LogP contribution in [0.1, 0.15) is 29.9 Å². The first-order valence-corrected chi connectivity index (χ1v) is 8.73. The predicted octanol–water partition coefficient (Wildman–Crippen LogP) is 0.844.